The quantitative estimate of drug-likeness (QED) is 0.855. The largest absolute Gasteiger partial charge is 0.309 e. The molecule has 1 aromatic rings. The Bertz CT molecular complexity index is 328. The molecule has 1 aromatic heterocycles. The molecule has 0 aliphatic carbocycles. The van der Waals surface area contributed by atoms with Crippen LogP contribution in [0.1, 0.15) is 44.0 Å². The second-order valence-corrected chi connectivity index (χ2v) is 7.55. The number of thioether (sulfide) groups is 1. The number of rotatable bonds is 6. The Balaban J connectivity index is 2.40. The number of nitrogens with zero attached hydrogens (tertiary/aromatic N) is 1. The van der Waals surface area contributed by atoms with Crippen LogP contribution in [0.5, 0.6) is 0 Å². The molecule has 0 aliphatic heterocycles. The number of nitrogens with one attached hydrogen (secondary N) is 1. The third-order valence-electron chi connectivity index (χ3n) is 2.57. The van der Waals surface area contributed by atoms with Gasteiger partial charge in [0.2, 0.25) is 0 Å². The Hall–Kier alpha value is -0.0600. The highest BCUT2D eigenvalue weighted by Gasteiger charge is 2.17. The van der Waals surface area contributed by atoms with E-state index >= 15 is 0 Å². The Kier molecular flexibility index (Phi) is 5.97. The smallest absolute Gasteiger partial charge is 0.0981 e. The lowest BCUT2D eigenvalue weighted by atomic mass is 9.98. The van der Waals surface area contributed by atoms with E-state index in [1.807, 2.05) is 29.3 Å². The minimum absolute atomic E-state index is 0.174. The van der Waals surface area contributed by atoms with Crippen molar-refractivity contribution in [2.45, 2.75) is 52.1 Å². The molecule has 4 heteroatoms. The van der Waals surface area contributed by atoms with Crippen molar-refractivity contribution in [3.63, 3.8) is 0 Å². The molecule has 0 spiro atoms. The minimum atomic E-state index is 0.174. The second kappa shape index (κ2) is 6.76. The van der Waals surface area contributed by atoms with E-state index in [0.717, 1.165) is 6.54 Å². The number of hydrogen-bond acceptors (Lipinski definition) is 4. The van der Waals surface area contributed by atoms with Crippen LogP contribution < -0.4 is 5.32 Å². The van der Waals surface area contributed by atoms with Crippen LogP contribution in [-0.4, -0.2) is 23.0 Å². The van der Waals surface area contributed by atoms with Crippen LogP contribution >= 0.6 is 23.1 Å². The Morgan fingerprint density at radius 3 is 2.71 bits per heavy atom. The molecular formula is C13H24N2S2. The fourth-order valence-corrected chi connectivity index (χ4v) is 2.92. The van der Waals surface area contributed by atoms with Crippen molar-refractivity contribution in [3.05, 3.63) is 16.1 Å². The van der Waals surface area contributed by atoms with E-state index in [1.54, 1.807) is 0 Å². The van der Waals surface area contributed by atoms with E-state index in [9.17, 15) is 0 Å². The first-order valence-corrected chi connectivity index (χ1v) is 8.32. The van der Waals surface area contributed by atoms with Gasteiger partial charge in [-0.1, -0.05) is 20.8 Å². The average molecular weight is 272 g/mol. The summed E-state index contributed by atoms with van der Waals surface area (Å²) in [6.07, 6.45) is 5.40. The monoisotopic (exact) mass is 272 g/mol. The zero-order chi connectivity index (χ0) is 12.9. The van der Waals surface area contributed by atoms with Crippen molar-refractivity contribution in [2.75, 3.05) is 12.0 Å². The predicted octanol–water partition coefficient (Wildman–Crippen LogP) is 3.67. The van der Waals surface area contributed by atoms with E-state index in [1.165, 1.54) is 22.1 Å². The molecule has 1 unspecified atom stereocenters. The van der Waals surface area contributed by atoms with Gasteiger partial charge in [-0.05, 0) is 25.4 Å². The zero-order valence-corrected chi connectivity index (χ0v) is 13.2. The first kappa shape index (κ1) is 15.0. The van der Waals surface area contributed by atoms with E-state index in [-0.39, 0.29) is 5.41 Å². The SMILES string of the molecule is CSCCC(C)NCc1cnc(C(C)(C)C)s1. The van der Waals surface area contributed by atoms with Gasteiger partial charge in [0.25, 0.3) is 0 Å². The predicted molar refractivity (Wildman–Crippen MR) is 80.1 cm³/mol. The maximum absolute atomic E-state index is 4.50. The molecule has 1 atom stereocenters. The molecule has 17 heavy (non-hydrogen) atoms. The molecule has 0 amide bonds. The molecule has 2 nitrogen and oxygen atoms in total. The van der Waals surface area contributed by atoms with Crippen LogP contribution in [0, 0.1) is 0 Å². The lowest BCUT2D eigenvalue weighted by Gasteiger charge is -2.14. The van der Waals surface area contributed by atoms with Crippen molar-refractivity contribution < 1.29 is 0 Å². The summed E-state index contributed by atoms with van der Waals surface area (Å²) in [7, 11) is 0. The summed E-state index contributed by atoms with van der Waals surface area (Å²) in [6, 6.07) is 0.586. The molecule has 0 fully saturated rings. The number of thiazole rings is 1. The molecule has 1 N–H and O–H groups in total. The molecule has 1 rings (SSSR count). The Morgan fingerprint density at radius 1 is 1.47 bits per heavy atom. The van der Waals surface area contributed by atoms with Crippen LogP contribution in [0.2, 0.25) is 0 Å². The molecule has 0 bridgehead atoms. The lowest BCUT2D eigenvalue weighted by Crippen LogP contribution is -2.25. The summed E-state index contributed by atoms with van der Waals surface area (Å²) in [5.41, 5.74) is 0.174. The van der Waals surface area contributed by atoms with Crippen molar-refractivity contribution >= 4 is 23.1 Å². The summed E-state index contributed by atoms with van der Waals surface area (Å²) in [5.74, 6) is 1.23. The average Bonchev–Trinajstić information content (AvgIpc) is 2.71. The molecule has 0 aliphatic rings. The van der Waals surface area contributed by atoms with Gasteiger partial charge in [-0.25, -0.2) is 4.98 Å². The van der Waals surface area contributed by atoms with Gasteiger partial charge in [-0.2, -0.15) is 11.8 Å². The molecular weight excluding hydrogens is 248 g/mol. The minimum Gasteiger partial charge on any atom is -0.309 e. The molecule has 0 radical (unpaired) electrons. The molecule has 0 saturated heterocycles. The number of hydrogen-bond donors (Lipinski definition) is 1. The van der Waals surface area contributed by atoms with Gasteiger partial charge in [0.15, 0.2) is 0 Å². The third-order valence-corrected chi connectivity index (χ3v) is 4.64. The second-order valence-electron chi connectivity index (χ2n) is 5.45. The van der Waals surface area contributed by atoms with Crippen LogP contribution in [0.15, 0.2) is 6.20 Å². The first-order valence-electron chi connectivity index (χ1n) is 6.11. The lowest BCUT2D eigenvalue weighted by molar-refractivity contribution is 0.540. The van der Waals surface area contributed by atoms with Crippen molar-refractivity contribution in [2.24, 2.45) is 0 Å². The van der Waals surface area contributed by atoms with Gasteiger partial charge in [0.05, 0.1) is 5.01 Å². The van der Waals surface area contributed by atoms with Crippen molar-refractivity contribution in [1.82, 2.24) is 10.3 Å². The van der Waals surface area contributed by atoms with Crippen molar-refractivity contribution in [3.8, 4) is 0 Å². The summed E-state index contributed by atoms with van der Waals surface area (Å²) in [6.45, 7) is 9.84. The highest BCUT2D eigenvalue weighted by molar-refractivity contribution is 7.98. The van der Waals surface area contributed by atoms with Crippen LogP contribution in [-0.2, 0) is 12.0 Å². The molecule has 98 valence electrons. The van der Waals surface area contributed by atoms with Crippen LogP contribution in [0.4, 0.5) is 0 Å². The van der Waals surface area contributed by atoms with Gasteiger partial charge >= 0.3 is 0 Å². The molecule has 1 heterocycles. The van der Waals surface area contributed by atoms with E-state index < -0.39 is 0 Å². The van der Waals surface area contributed by atoms with E-state index in [4.69, 9.17) is 0 Å². The molecule has 0 saturated carbocycles. The fourth-order valence-electron chi connectivity index (χ4n) is 1.41. The summed E-state index contributed by atoms with van der Waals surface area (Å²) in [4.78, 5) is 5.84. The van der Waals surface area contributed by atoms with Crippen LogP contribution in [0.3, 0.4) is 0 Å². The maximum Gasteiger partial charge on any atom is 0.0981 e. The van der Waals surface area contributed by atoms with Crippen LogP contribution in [0.25, 0.3) is 0 Å². The molecule has 0 aromatic carbocycles. The summed E-state index contributed by atoms with van der Waals surface area (Å²) >= 11 is 3.74. The summed E-state index contributed by atoms with van der Waals surface area (Å²) in [5, 5.41) is 4.78. The maximum atomic E-state index is 4.50. The zero-order valence-electron chi connectivity index (χ0n) is 11.5. The topological polar surface area (TPSA) is 24.9 Å². The van der Waals surface area contributed by atoms with Gasteiger partial charge in [-0.15, -0.1) is 11.3 Å². The number of aromatic nitrogens is 1. The van der Waals surface area contributed by atoms with Gasteiger partial charge in [0, 0.05) is 29.1 Å². The first-order chi connectivity index (χ1) is 7.93. The normalized spacial score (nSPS) is 13.9. The van der Waals surface area contributed by atoms with E-state index in [0.29, 0.717) is 6.04 Å². The fraction of sp³-hybridized carbons (Fsp3) is 0.769. The van der Waals surface area contributed by atoms with Gasteiger partial charge in [-0.3, -0.25) is 0 Å². The van der Waals surface area contributed by atoms with Gasteiger partial charge < -0.3 is 5.32 Å². The summed E-state index contributed by atoms with van der Waals surface area (Å²) < 4.78 is 0. The van der Waals surface area contributed by atoms with Crippen molar-refractivity contribution in [1.29, 1.82) is 0 Å². The third kappa shape index (κ3) is 5.40. The van der Waals surface area contributed by atoms with E-state index in [2.05, 4.69) is 44.3 Å². The standard InChI is InChI=1S/C13H24N2S2/c1-10(6-7-16-5)14-8-11-9-15-12(17-11)13(2,3)4/h9-10,14H,6-8H2,1-5H3. The van der Waals surface area contributed by atoms with Gasteiger partial charge in [0.1, 0.15) is 0 Å². The highest BCUT2D eigenvalue weighted by atomic mass is 32.2. The Labute approximate surface area is 114 Å². The Morgan fingerprint density at radius 2 is 2.18 bits per heavy atom. The highest BCUT2D eigenvalue weighted by Crippen LogP contribution is 2.26.